The number of fused-ring (bicyclic) bond motifs is 1. The lowest BCUT2D eigenvalue weighted by Gasteiger charge is -2.38. The first kappa shape index (κ1) is 17.7. The van der Waals surface area contributed by atoms with Crippen molar-refractivity contribution in [3.63, 3.8) is 0 Å². The zero-order valence-corrected chi connectivity index (χ0v) is 15.1. The number of hydrogen-bond acceptors (Lipinski definition) is 3. The summed E-state index contributed by atoms with van der Waals surface area (Å²) in [4.78, 5) is 27.2. The molecular formula is C21H27NO3. The summed E-state index contributed by atoms with van der Waals surface area (Å²) in [5.74, 6) is -1.09. The van der Waals surface area contributed by atoms with Crippen LogP contribution < -0.4 is 0 Å². The third kappa shape index (κ3) is 3.10. The van der Waals surface area contributed by atoms with Crippen molar-refractivity contribution in [2.75, 3.05) is 6.54 Å². The SMILES string of the molecule is CCCCCC1(C(=O)c2cccc(C)c2)CC=C2C(C(=O)O)CCN21. The largest absolute Gasteiger partial charge is 0.481 e. The number of aryl methyl sites for hydroxylation is 1. The molecule has 0 radical (unpaired) electrons. The summed E-state index contributed by atoms with van der Waals surface area (Å²) in [6.45, 7) is 4.81. The summed E-state index contributed by atoms with van der Waals surface area (Å²) in [6.07, 6.45) is 7.20. The quantitative estimate of drug-likeness (QED) is 0.597. The zero-order chi connectivity index (χ0) is 18.0. The molecule has 0 saturated carbocycles. The van der Waals surface area contributed by atoms with E-state index in [2.05, 4.69) is 11.8 Å². The minimum Gasteiger partial charge on any atom is -0.481 e. The van der Waals surface area contributed by atoms with E-state index in [0.717, 1.165) is 42.5 Å². The average molecular weight is 341 g/mol. The molecule has 1 aromatic carbocycles. The normalized spacial score (nSPS) is 25.0. The highest BCUT2D eigenvalue weighted by atomic mass is 16.4. The van der Waals surface area contributed by atoms with Crippen LogP contribution in [0.2, 0.25) is 0 Å². The fourth-order valence-electron chi connectivity index (χ4n) is 4.36. The lowest BCUT2D eigenvalue weighted by atomic mass is 9.81. The van der Waals surface area contributed by atoms with Crippen LogP contribution in [0.1, 0.15) is 61.4 Å². The van der Waals surface area contributed by atoms with E-state index in [9.17, 15) is 14.7 Å². The van der Waals surface area contributed by atoms with Crippen molar-refractivity contribution in [2.45, 2.75) is 57.9 Å². The summed E-state index contributed by atoms with van der Waals surface area (Å²) in [5, 5.41) is 9.48. The first-order valence-electron chi connectivity index (χ1n) is 9.31. The molecule has 2 atom stereocenters. The number of rotatable bonds is 7. The Morgan fingerprint density at radius 1 is 1.32 bits per heavy atom. The van der Waals surface area contributed by atoms with E-state index in [0.29, 0.717) is 19.4 Å². The standard InChI is InChI=1S/C21H27NO3/c1-3-4-5-11-21(19(23)16-8-6-7-15(2)14-16)12-9-18-17(20(24)25)10-13-22(18)21/h6-9,14,17H,3-5,10-13H2,1-2H3,(H,24,25). The molecular weight excluding hydrogens is 314 g/mol. The van der Waals surface area contributed by atoms with E-state index in [1.807, 2.05) is 37.3 Å². The van der Waals surface area contributed by atoms with Crippen LogP contribution >= 0.6 is 0 Å². The van der Waals surface area contributed by atoms with Gasteiger partial charge < -0.3 is 10.0 Å². The molecule has 3 rings (SSSR count). The average Bonchev–Trinajstić information content (AvgIpc) is 3.16. The van der Waals surface area contributed by atoms with Gasteiger partial charge in [-0.25, -0.2) is 0 Å². The van der Waals surface area contributed by atoms with Crippen molar-refractivity contribution in [1.82, 2.24) is 4.90 Å². The van der Waals surface area contributed by atoms with Crippen LogP contribution in [-0.4, -0.2) is 33.8 Å². The second kappa shape index (κ2) is 7.03. The Labute approximate surface area is 149 Å². The predicted octanol–water partition coefficient (Wildman–Crippen LogP) is 4.19. The predicted molar refractivity (Wildman–Crippen MR) is 97.5 cm³/mol. The molecule has 134 valence electrons. The first-order chi connectivity index (χ1) is 12.0. The van der Waals surface area contributed by atoms with E-state index in [1.54, 1.807) is 0 Å². The van der Waals surface area contributed by atoms with Gasteiger partial charge in [-0.2, -0.15) is 0 Å². The van der Waals surface area contributed by atoms with Gasteiger partial charge in [-0.15, -0.1) is 0 Å². The van der Waals surface area contributed by atoms with Crippen molar-refractivity contribution in [2.24, 2.45) is 5.92 Å². The number of carboxylic acids is 1. The van der Waals surface area contributed by atoms with Crippen LogP contribution in [0.3, 0.4) is 0 Å². The number of carbonyl (C=O) groups excluding carboxylic acids is 1. The number of ketones is 1. The van der Waals surface area contributed by atoms with Crippen LogP contribution in [-0.2, 0) is 4.79 Å². The smallest absolute Gasteiger partial charge is 0.312 e. The summed E-state index contributed by atoms with van der Waals surface area (Å²) in [7, 11) is 0. The Kier molecular flexibility index (Phi) is 4.98. The molecule has 1 aromatic rings. The fraction of sp³-hybridized carbons (Fsp3) is 0.524. The van der Waals surface area contributed by atoms with Crippen LogP contribution in [0.5, 0.6) is 0 Å². The molecule has 2 heterocycles. The number of hydrogen-bond donors (Lipinski definition) is 1. The third-order valence-corrected chi connectivity index (χ3v) is 5.67. The molecule has 4 heteroatoms. The van der Waals surface area contributed by atoms with Gasteiger partial charge in [0.05, 0.1) is 5.92 Å². The van der Waals surface area contributed by atoms with E-state index in [-0.39, 0.29) is 5.78 Å². The molecule has 2 aliphatic rings. The maximum absolute atomic E-state index is 13.5. The summed E-state index contributed by atoms with van der Waals surface area (Å²) in [6, 6.07) is 7.76. The second-order valence-electron chi connectivity index (χ2n) is 7.35. The van der Waals surface area contributed by atoms with Gasteiger partial charge in [0, 0.05) is 17.8 Å². The number of aliphatic carboxylic acids is 1. The molecule has 1 saturated heterocycles. The zero-order valence-electron chi connectivity index (χ0n) is 15.1. The Balaban J connectivity index is 1.93. The van der Waals surface area contributed by atoms with Crippen molar-refractivity contribution in [3.05, 3.63) is 47.2 Å². The number of carboxylic acid groups (broad SMARTS) is 1. The minimum absolute atomic E-state index is 0.143. The molecule has 0 aromatic heterocycles. The number of benzene rings is 1. The van der Waals surface area contributed by atoms with Gasteiger partial charge >= 0.3 is 5.97 Å². The summed E-state index contributed by atoms with van der Waals surface area (Å²) in [5.41, 5.74) is 2.07. The molecule has 2 unspecified atom stereocenters. The van der Waals surface area contributed by atoms with Crippen LogP contribution in [0.15, 0.2) is 36.0 Å². The van der Waals surface area contributed by atoms with Crippen molar-refractivity contribution < 1.29 is 14.7 Å². The highest BCUT2D eigenvalue weighted by Gasteiger charge is 2.52. The van der Waals surface area contributed by atoms with Crippen molar-refractivity contribution in [3.8, 4) is 0 Å². The number of carbonyl (C=O) groups is 2. The maximum atomic E-state index is 13.5. The first-order valence-corrected chi connectivity index (χ1v) is 9.31. The van der Waals surface area contributed by atoms with Gasteiger partial charge in [0.15, 0.2) is 5.78 Å². The van der Waals surface area contributed by atoms with E-state index in [1.165, 1.54) is 0 Å². The van der Waals surface area contributed by atoms with Gasteiger partial charge in [0.1, 0.15) is 5.54 Å². The fourth-order valence-corrected chi connectivity index (χ4v) is 4.36. The van der Waals surface area contributed by atoms with Crippen LogP contribution in [0.4, 0.5) is 0 Å². The highest BCUT2D eigenvalue weighted by molar-refractivity contribution is 6.04. The topological polar surface area (TPSA) is 57.6 Å². The van der Waals surface area contributed by atoms with Gasteiger partial charge in [0.2, 0.25) is 0 Å². The number of unbranched alkanes of at least 4 members (excludes halogenated alkanes) is 2. The minimum atomic E-state index is -0.777. The Morgan fingerprint density at radius 3 is 2.80 bits per heavy atom. The lowest BCUT2D eigenvalue weighted by Crippen LogP contribution is -2.50. The Bertz CT molecular complexity index is 709. The molecule has 4 nitrogen and oxygen atoms in total. The molecule has 1 N–H and O–H groups in total. The van der Waals surface area contributed by atoms with E-state index >= 15 is 0 Å². The van der Waals surface area contributed by atoms with Gasteiger partial charge in [-0.05, 0) is 32.3 Å². The summed E-state index contributed by atoms with van der Waals surface area (Å²) >= 11 is 0. The van der Waals surface area contributed by atoms with Crippen molar-refractivity contribution in [1.29, 1.82) is 0 Å². The Morgan fingerprint density at radius 2 is 2.12 bits per heavy atom. The Hall–Kier alpha value is -2.10. The highest BCUT2D eigenvalue weighted by Crippen LogP contribution is 2.46. The van der Waals surface area contributed by atoms with Crippen LogP contribution in [0, 0.1) is 12.8 Å². The maximum Gasteiger partial charge on any atom is 0.312 e. The molecule has 2 aliphatic heterocycles. The second-order valence-corrected chi connectivity index (χ2v) is 7.35. The number of nitrogens with zero attached hydrogens (tertiary/aromatic N) is 1. The van der Waals surface area contributed by atoms with Gasteiger partial charge in [-0.1, -0.05) is 56.0 Å². The third-order valence-electron chi connectivity index (χ3n) is 5.67. The summed E-state index contributed by atoms with van der Waals surface area (Å²) < 4.78 is 0. The van der Waals surface area contributed by atoms with E-state index in [4.69, 9.17) is 0 Å². The van der Waals surface area contributed by atoms with Crippen molar-refractivity contribution >= 4 is 11.8 Å². The van der Waals surface area contributed by atoms with Gasteiger partial charge in [0.25, 0.3) is 0 Å². The lowest BCUT2D eigenvalue weighted by molar-refractivity contribution is -0.140. The monoisotopic (exact) mass is 341 g/mol. The van der Waals surface area contributed by atoms with Gasteiger partial charge in [-0.3, -0.25) is 9.59 Å². The molecule has 0 spiro atoms. The molecule has 0 amide bonds. The van der Waals surface area contributed by atoms with Crippen LogP contribution in [0.25, 0.3) is 0 Å². The number of Topliss-reactive ketones (excluding diaryl/α,β-unsaturated/α-hetero) is 1. The molecule has 0 bridgehead atoms. The molecule has 0 aliphatic carbocycles. The molecule has 1 fully saturated rings. The molecule has 25 heavy (non-hydrogen) atoms. The van der Waals surface area contributed by atoms with E-state index < -0.39 is 17.4 Å².